The standard InChI is InChI=1S/C17H22N2O2S2/c1-11(2)10-22-17-18-15-14(16(20)19(17)8-9-21-3)12-6-4-5-7-13(12)23-15/h1,4-10H2,2-3H3. The summed E-state index contributed by atoms with van der Waals surface area (Å²) in [7, 11) is 1.66. The maximum absolute atomic E-state index is 13.1. The molecule has 0 atom stereocenters. The Morgan fingerprint density at radius 3 is 2.96 bits per heavy atom. The molecule has 2 heterocycles. The molecule has 2 aromatic heterocycles. The minimum atomic E-state index is 0.0932. The zero-order chi connectivity index (χ0) is 16.4. The number of thiophene rings is 1. The van der Waals surface area contributed by atoms with Crippen LogP contribution in [0.25, 0.3) is 10.2 Å². The zero-order valence-electron chi connectivity index (χ0n) is 13.7. The third kappa shape index (κ3) is 3.39. The number of nitrogens with zero attached hydrogens (tertiary/aromatic N) is 2. The van der Waals surface area contributed by atoms with E-state index in [0.717, 1.165) is 39.5 Å². The molecule has 23 heavy (non-hydrogen) atoms. The second kappa shape index (κ2) is 7.20. The summed E-state index contributed by atoms with van der Waals surface area (Å²) in [4.78, 5) is 20.1. The van der Waals surface area contributed by atoms with E-state index in [9.17, 15) is 4.79 Å². The summed E-state index contributed by atoms with van der Waals surface area (Å²) in [5, 5.41) is 1.63. The monoisotopic (exact) mass is 350 g/mol. The molecule has 0 spiro atoms. The van der Waals surface area contributed by atoms with E-state index in [2.05, 4.69) is 6.58 Å². The van der Waals surface area contributed by atoms with Crippen LogP contribution in [0.4, 0.5) is 0 Å². The van der Waals surface area contributed by atoms with Crippen LogP contribution in [0.15, 0.2) is 22.1 Å². The molecule has 3 rings (SSSR count). The molecule has 0 aromatic carbocycles. The number of aryl methyl sites for hydroxylation is 2. The smallest absolute Gasteiger partial charge is 0.263 e. The molecule has 1 aliphatic rings. The van der Waals surface area contributed by atoms with E-state index < -0.39 is 0 Å². The lowest BCUT2D eigenvalue weighted by Crippen LogP contribution is -2.25. The number of hydrogen-bond donors (Lipinski definition) is 0. The van der Waals surface area contributed by atoms with Crippen molar-refractivity contribution in [1.82, 2.24) is 9.55 Å². The van der Waals surface area contributed by atoms with Crippen LogP contribution in [0, 0.1) is 0 Å². The summed E-state index contributed by atoms with van der Waals surface area (Å²) in [5.41, 5.74) is 2.42. The van der Waals surface area contributed by atoms with Crippen molar-refractivity contribution in [2.45, 2.75) is 44.3 Å². The first kappa shape index (κ1) is 16.7. The average Bonchev–Trinajstić information content (AvgIpc) is 2.90. The second-order valence-corrected chi connectivity index (χ2v) is 8.01. The molecule has 6 heteroatoms. The Balaban J connectivity index is 2.13. The highest BCUT2D eigenvalue weighted by atomic mass is 32.2. The molecule has 4 nitrogen and oxygen atoms in total. The highest BCUT2D eigenvalue weighted by Gasteiger charge is 2.22. The van der Waals surface area contributed by atoms with Crippen molar-refractivity contribution in [2.24, 2.45) is 0 Å². The fourth-order valence-corrected chi connectivity index (χ4v) is 5.07. The van der Waals surface area contributed by atoms with Gasteiger partial charge in [0.1, 0.15) is 4.83 Å². The van der Waals surface area contributed by atoms with Crippen molar-refractivity contribution in [3.63, 3.8) is 0 Å². The van der Waals surface area contributed by atoms with Gasteiger partial charge in [0.15, 0.2) is 5.16 Å². The second-order valence-electron chi connectivity index (χ2n) is 5.98. The third-order valence-electron chi connectivity index (χ3n) is 4.01. The molecule has 0 radical (unpaired) electrons. The number of hydrogen-bond acceptors (Lipinski definition) is 5. The van der Waals surface area contributed by atoms with Crippen molar-refractivity contribution in [1.29, 1.82) is 0 Å². The lowest BCUT2D eigenvalue weighted by Gasteiger charge is -2.13. The van der Waals surface area contributed by atoms with Crippen LogP contribution in [0.5, 0.6) is 0 Å². The number of ether oxygens (including phenoxy) is 1. The number of thioether (sulfide) groups is 1. The van der Waals surface area contributed by atoms with E-state index in [1.165, 1.54) is 23.3 Å². The molecule has 2 aromatic rings. The number of aromatic nitrogens is 2. The first-order valence-corrected chi connectivity index (χ1v) is 9.73. The highest BCUT2D eigenvalue weighted by molar-refractivity contribution is 7.99. The molecule has 0 bridgehead atoms. The Kier molecular flexibility index (Phi) is 5.24. The van der Waals surface area contributed by atoms with E-state index in [0.29, 0.717) is 13.2 Å². The third-order valence-corrected chi connectivity index (χ3v) is 6.40. The van der Waals surface area contributed by atoms with Gasteiger partial charge >= 0.3 is 0 Å². The first-order valence-electron chi connectivity index (χ1n) is 7.93. The molecule has 0 N–H and O–H groups in total. The maximum Gasteiger partial charge on any atom is 0.263 e. The molecular weight excluding hydrogens is 328 g/mol. The fraction of sp³-hybridized carbons (Fsp3) is 0.529. The largest absolute Gasteiger partial charge is 0.383 e. The molecule has 0 unspecified atom stereocenters. The van der Waals surface area contributed by atoms with Gasteiger partial charge < -0.3 is 4.74 Å². The summed E-state index contributed by atoms with van der Waals surface area (Å²) in [6.45, 7) is 6.99. The van der Waals surface area contributed by atoms with Crippen molar-refractivity contribution < 1.29 is 4.74 Å². The van der Waals surface area contributed by atoms with E-state index >= 15 is 0 Å². The topological polar surface area (TPSA) is 44.1 Å². The number of fused-ring (bicyclic) bond motifs is 3. The molecule has 124 valence electrons. The van der Waals surface area contributed by atoms with Gasteiger partial charge in [0.2, 0.25) is 0 Å². The summed E-state index contributed by atoms with van der Waals surface area (Å²) in [6.07, 6.45) is 4.48. The van der Waals surface area contributed by atoms with E-state index in [1.807, 2.05) is 6.92 Å². The molecule has 0 saturated carbocycles. The Morgan fingerprint density at radius 1 is 1.43 bits per heavy atom. The zero-order valence-corrected chi connectivity index (χ0v) is 15.3. The summed E-state index contributed by atoms with van der Waals surface area (Å²) < 4.78 is 6.95. The number of rotatable bonds is 6. The van der Waals surface area contributed by atoms with Gasteiger partial charge in [-0.25, -0.2) is 4.98 Å². The van der Waals surface area contributed by atoms with Crippen molar-refractivity contribution >= 4 is 33.3 Å². The van der Waals surface area contributed by atoms with Crippen molar-refractivity contribution in [2.75, 3.05) is 19.5 Å². The number of methoxy groups -OCH3 is 1. The fourth-order valence-electron chi connectivity index (χ4n) is 2.90. The van der Waals surface area contributed by atoms with Crippen LogP contribution >= 0.6 is 23.1 Å². The van der Waals surface area contributed by atoms with Gasteiger partial charge in [-0.3, -0.25) is 9.36 Å². The first-order chi connectivity index (χ1) is 11.1. The minimum Gasteiger partial charge on any atom is -0.383 e. The Morgan fingerprint density at radius 2 is 2.22 bits per heavy atom. The highest BCUT2D eigenvalue weighted by Crippen LogP contribution is 2.34. The van der Waals surface area contributed by atoms with Gasteiger partial charge in [-0.15, -0.1) is 11.3 Å². The normalized spacial score (nSPS) is 14.2. The molecule has 0 amide bonds. The molecule has 1 aliphatic carbocycles. The predicted octanol–water partition coefficient (Wildman–Crippen LogP) is 3.65. The average molecular weight is 351 g/mol. The Labute approximate surface area is 144 Å². The Bertz CT molecular complexity index is 792. The SMILES string of the molecule is C=C(C)CSc1nc2sc3c(c2c(=O)n1CCOC)CCCC3. The minimum absolute atomic E-state index is 0.0932. The lowest BCUT2D eigenvalue weighted by atomic mass is 9.97. The van der Waals surface area contributed by atoms with Gasteiger partial charge in [-0.2, -0.15) is 0 Å². The van der Waals surface area contributed by atoms with E-state index in [-0.39, 0.29) is 5.56 Å². The van der Waals surface area contributed by atoms with Crippen molar-refractivity contribution in [3.8, 4) is 0 Å². The quantitative estimate of drug-likeness (QED) is 0.453. The van der Waals surface area contributed by atoms with Crippen LogP contribution in [-0.4, -0.2) is 29.0 Å². The summed E-state index contributed by atoms with van der Waals surface area (Å²) in [6, 6.07) is 0. The predicted molar refractivity (Wildman–Crippen MR) is 97.9 cm³/mol. The van der Waals surface area contributed by atoms with Gasteiger partial charge in [0, 0.05) is 17.7 Å². The van der Waals surface area contributed by atoms with Crippen LogP contribution in [-0.2, 0) is 24.1 Å². The maximum atomic E-state index is 13.1. The van der Waals surface area contributed by atoms with Gasteiger partial charge in [0.25, 0.3) is 5.56 Å². The van der Waals surface area contributed by atoms with Gasteiger partial charge in [0.05, 0.1) is 18.5 Å². The van der Waals surface area contributed by atoms with E-state index in [4.69, 9.17) is 9.72 Å². The summed E-state index contributed by atoms with van der Waals surface area (Å²) in [5.74, 6) is 0.774. The van der Waals surface area contributed by atoms with Crippen LogP contribution in [0.3, 0.4) is 0 Å². The van der Waals surface area contributed by atoms with Crippen LogP contribution in [0.2, 0.25) is 0 Å². The summed E-state index contributed by atoms with van der Waals surface area (Å²) >= 11 is 3.29. The molecular formula is C17H22N2O2S2. The van der Waals surface area contributed by atoms with Crippen molar-refractivity contribution in [3.05, 3.63) is 32.9 Å². The lowest BCUT2D eigenvalue weighted by molar-refractivity contribution is 0.183. The molecule has 0 saturated heterocycles. The molecule has 0 aliphatic heterocycles. The van der Waals surface area contributed by atoms with Crippen LogP contribution in [0.1, 0.15) is 30.2 Å². The van der Waals surface area contributed by atoms with E-state index in [1.54, 1.807) is 34.8 Å². The Hall–Kier alpha value is -1.11. The van der Waals surface area contributed by atoms with Gasteiger partial charge in [-0.1, -0.05) is 23.9 Å². The molecule has 0 fully saturated rings. The van der Waals surface area contributed by atoms with Crippen LogP contribution < -0.4 is 5.56 Å². The van der Waals surface area contributed by atoms with Gasteiger partial charge in [-0.05, 0) is 38.2 Å².